The van der Waals surface area contributed by atoms with Crippen LogP contribution >= 0.6 is 0 Å². The predicted octanol–water partition coefficient (Wildman–Crippen LogP) is 0.776. The van der Waals surface area contributed by atoms with Gasteiger partial charge in [0.25, 0.3) is 0 Å². The number of rotatable bonds is 9. The number of hydrogen-bond donors (Lipinski definition) is 2. The Morgan fingerprint density at radius 3 is 2.61 bits per heavy atom. The maximum absolute atomic E-state index is 12.0. The van der Waals surface area contributed by atoms with Crippen LogP contribution < -0.4 is 10.6 Å². The number of amides is 1. The van der Waals surface area contributed by atoms with E-state index in [0.29, 0.717) is 13.0 Å². The Morgan fingerprint density at radius 1 is 1.30 bits per heavy atom. The van der Waals surface area contributed by atoms with Crippen LogP contribution in [0.15, 0.2) is 17.4 Å². The highest BCUT2D eigenvalue weighted by Gasteiger charge is 2.08. The number of guanidine groups is 1. The number of hydrogen-bond acceptors (Lipinski definition) is 3. The lowest BCUT2D eigenvalue weighted by molar-refractivity contribution is -0.130. The van der Waals surface area contributed by atoms with E-state index in [0.717, 1.165) is 38.6 Å². The molecule has 0 saturated heterocycles. The van der Waals surface area contributed by atoms with Crippen LogP contribution in [0.1, 0.15) is 32.8 Å². The van der Waals surface area contributed by atoms with Crippen molar-refractivity contribution in [2.45, 2.75) is 33.6 Å². The molecule has 2 N–H and O–H groups in total. The number of aryl methyl sites for hydroxylation is 1. The van der Waals surface area contributed by atoms with Crippen molar-refractivity contribution in [3.8, 4) is 0 Å². The zero-order valence-electron chi connectivity index (χ0n) is 14.8. The minimum absolute atomic E-state index is 0.157. The molecule has 1 aromatic rings. The number of nitrogens with zero attached hydrogens (tertiary/aromatic N) is 4. The van der Waals surface area contributed by atoms with Gasteiger partial charge in [-0.3, -0.25) is 14.5 Å². The Bertz CT molecular complexity index is 493. The fourth-order valence-corrected chi connectivity index (χ4v) is 2.27. The quantitative estimate of drug-likeness (QED) is 0.520. The van der Waals surface area contributed by atoms with Crippen molar-refractivity contribution < 1.29 is 4.79 Å². The molecule has 0 radical (unpaired) electrons. The fourth-order valence-electron chi connectivity index (χ4n) is 2.27. The molecule has 0 saturated carbocycles. The molecule has 0 unspecified atom stereocenters. The van der Waals surface area contributed by atoms with E-state index in [2.05, 4.69) is 20.7 Å². The third kappa shape index (κ3) is 7.17. The summed E-state index contributed by atoms with van der Waals surface area (Å²) in [5.74, 6) is 0.911. The monoisotopic (exact) mass is 322 g/mol. The van der Waals surface area contributed by atoms with Crippen LogP contribution in [0.3, 0.4) is 0 Å². The third-order valence-electron chi connectivity index (χ3n) is 3.52. The molecule has 0 aliphatic rings. The topological polar surface area (TPSA) is 74.6 Å². The van der Waals surface area contributed by atoms with Crippen LogP contribution in [0.4, 0.5) is 0 Å². The van der Waals surface area contributed by atoms with Gasteiger partial charge in [0.05, 0.1) is 12.7 Å². The Kier molecular flexibility index (Phi) is 8.79. The lowest BCUT2D eigenvalue weighted by Crippen LogP contribution is -2.38. The Labute approximate surface area is 139 Å². The van der Waals surface area contributed by atoms with E-state index in [-0.39, 0.29) is 5.91 Å². The van der Waals surface area contributed by atoms with E-state index in [1.165, 1.54) is 5.56 Å². The second-order valence-corrected chi connectivity index (χ2v) is 5.28. The summed E-state index contributed by atoms with van der Waals surface area (Å²) >= 11 is 0. The minimum atomic E-state index is 0.157. The molecule has 0 spiro atoms. The van der Waals surface area contributed by atoms with Gasteiger partial charge in [-0.25, -0.2) is 0 Å². The molecule has 0 fully saturated rings. The second-order valence-electron chi connectivity index (χ2n) is 5.28. The average Bonchev–Trinajstić information content (AvgIpc) is 2.94. The highest BCUT2D eigenvalue weighted by atomic mass is 16.2. The molecule has 1 heterocycles. The normalized spacial score (nSPS) is 11.4. The molecule has 0 aliphatic heterocycles. The highest BCUT2D eigenvalue weighted by Crippen LogP contribution is 1.96. The van der Waals surface area contributed by atoms with Crippen LogP contribution in [0.2, 0.25) is 0 Å². The lowest BCUT2D eigenvalue weighted by atomic mass is 10.2. The van der Waals surface area contributed by atoms with Crippen molar-refractivity contribution in [1.82, 2.24) is 25.3 Å². The summed E-state index contributed by atoms with van der Waals surface area (Å²) in [6, 6.07) is 0. The number of aromatic nitrogens is 2. The molecule has 0 atom stereocenters. The molecule has 1 rings (SSSR count). The first-order valence-electron chi connectivity index (χ1n) is 8.38. The molecule has 1 aromatic heterocycles. The molecule has 1 amide bonds. The second kappa shape index (κ2) is 10.6. The van der Waals surface area contributed by atoms with Gasteiger partial charge in [0, 0.05) is 45.8 Å². The van der Waals surface area contributed by atoms with Crippen molar-refractivity contribution in [3.05, 3.63) is 18.0 Å². The first-order chi connectivity index (χ1) is 11.1. The Balaban J connectivity index is 2.38. The number of aliphatic imine (C=N–C) groups is 1. The molecule has 23 heavy (non-hydrogen) atoms. The zero-order chi connectivity index (χ0) is 17.1. The van der Waals surface area contributed by atoms with Gasteiger partial charge in [-0.2, -0.15) is 5.10 Å². The van der Waals surface area contributed by atoms with Crippen LogP contribution in [0.5, 0.6) is 0 Å². The summed E-state index contributed by atoms with van der Waals surface area (Å²) in [5, 5.41) is 10.6. The van der Waals surface area contributed by atoms with E-state index in [1.54, 1.807) is 4.68 Å². The fraction of sp³-hybridized carbons (Fsp3) is 0.688. The summed E-state index contributed by atoms with van der Waals surface area (Å²) in [6.45, 7) is 9.59. The molecule has 0 aromatic carbocycles. The molecule has 0 aliphatic carbocycles. The minimum Gasteiger partial charge on any atom is -0.357 e. The van der Waals surface area contributed by atoms with E-state index in [9.17, 15) is 4.79 Å². The van der Waals surface area contributed by atoms with Crippen LogP contribution in [0, 0.1) is 0 Å². The average molecular weight is 322 g/mol. The first-order valence-corrected chi connectivity index (χ1v) is 8.38. The Hall–Kier alpha value is -2.05. The Morgan fingerprint density at radius 2 is 2.04 bits per heavy atom. The molecule has 7 heteroatoms. The van der Waals surface area contributed by atoms with Gasteiger partial charge in [-0.15, -0.1) is 0 Å². The number of carbonyl (C=O) groups is 1. The van der Waals surface area contributed by atoms with Gasteiger partial charge in [0.15, 0.2) is 5.96 Å². The van der Waals surface area contributed by atoms with Gasteiger partial charge in [0.1, 0.15) is 0 Å². The largest absolute Gasteiger partial charge is 0.357 e. The third-order valence-corrected chi connectivity index (χ3v) is 3.52. The van der Waals surface area contributed by atoms with E-state index < -0.39 is 0 Å². The first kappa shape index (κ1) is 19.0. The van der Waals surface area contributed by atoms with Crippen LogP contribution in [-0.2, 0) is 18.3 Å². The lowest BCUT2D eigenvalue weighted by Gasteiger charge is -2.18. The highest BCUT2D eigenvalue weighted by molar-refractivity contribution is 5.80. The number of nitrogens with one attached hydrogen (secondary N) is 2. The predicted molar refractivity (Wildman–Crippen MR) is 93.4 cm³/mol. The zero-order valence-corrected chi connectivity index (χ0v) is 14.8. The van der Waals surface area contributed by atoms with Crippen LogP contribution in [-0.4, -0.2) is 59.3 Å². The molecule has 0 bridgehead atoms. The van der Waals surface area contributed by atoms with Crippen molar-refractivity contribution in [3.63, 3.8) is 0 Å². The maximum Gasteiger partial charge on any atom is 0.224 e. The van der Waals surface area contributed by atoms with Gasteiger partial charge in [-0.05, 0) is 32.8 Å². The van der Waals surface area contributed by atoms with Gasteiger partial charge in [0.2, 0.25) is 5.91 Å². The van der Waals surface area contributed by atoms with Crippen molar-refractivity contribution in [2.24, 2.45) is 12.0 Å². The van der Waals surface area contributed by atoms with Gasteiger partial charge >= 0.3 is 0 Å². The standard InChI is InChI=1S/C16H30N6O/c1-5-17-16(18-10-8-14-12-20-21(4)13-14)19-11-9-15(23)22(6-2)7-3/h12-13H,5-11H2,1-4H3,(H2,17,18,19). The van der Waals surface area contributed by atoms with Gasteiger partial charge < -0.3 is 15.5 Å². The molecular weight excluding hydrogens is 292 g/mol. The van der Waals surface area contributed by atoms with Crippen molar-refractivity contribution in [1.29, 1.82) is 0 Å². The number of carbonyl (C=O) groups excluding carboxylic acids is 1. The molecular formula is C16H30N6O. The van der Waals surface area contributed by atoms with Crippen LogP contribution in [0.25, 0.3) is 0 Å². The summed E-state index contributed by atoms with van der Waals surface area (Å²) in [5.41, 5.74) is 1.19. The summed E-state index contributed by atoms with van der Waals surface area (Å²) in [6.07, 6.45) is 5.21. The van der Waals surface area contributed by atoms with Gasteiger partial charge in [-0.1, -0.05) is 0 Å². The maximum atomic E-state index is 12.0. The van der Waals surface area contributed by atoms with E-state index >= 15 is 0 Å². The summed E-state index contributed by atoms with van der Waals surface area (Å²) in [7, 11) is 1.91. The van der Waals surface area contributed by atoms with E-state index in [4.69, 9.17) is 0 Å². The summed E-state index contributed by atoms with van der Waals surface area (Å²) < 4.78 is 1.80. The molecule has 130 valence electrons. The molecule has 7 nitrogen and oxygen atoms in total. The SMILES string of the molecule is CCNC(=NCCC(=O)N(CC)CC)NCCc1cnn(C)c1. The summed E-state index contributed by atoms with van der Waals surface area (Å²) in [4.78, 5) is 18.3. The smallest absolute Gasteiger partial charge is 0.224 e. The van der Waals surface area contributed by atoms with E-state index in [1.807, 2.05) is 45.1 Å². The van der Waals surface area contributed by atoms with Crippen molar-refractivity contribution in [2.75, 3.05) is 32.7 Å². The van der Waals surface area contributed by atoms with Crippen molar-refractivity contribution >= 4 is 11.9 Å².